The third-order valence-electron chi connectivity index (χ3n) is 2.75. The molecule has 0 bridgehead atoms. The number of nitrogens with zero attached hydrogens (tertiary/aromatic N) is 1. The van der Waals surface area contributed by atoms with E-state index in [1.165, 1.54) is 0 Å². The van der Waals surface area contributed by atoms with Gasteiger partial charge in [-0.25, -0.2) is 0 Å². The number of rotatable bonds is 4. The number of amides is 1. The molecule has 0 saturated carbocycles. The van der Waals surface area contributed by atoms with Crippen LogP contribution >= 0.6 is 0 Å². The van der Waals surface area contributed by atoms with Crippen LogP contribution in [0.25, 0.3) is 0 Å². The van der Waals surface area contributed by atoms with E-state index in [1.807, 2.05) is 6.92 Å². The SMILES string of the molecule is CC(CO)N(C)C(=O)CC1CCCO1. The van der Waals surface area contributed by atoms with Crippen LogP contribution in [-0.2, 0) is 9.53 Å². The molecule has 2 atom stereocenters. The molecular weight excluding hydrogens is 182 g/mol. The Balaban J connectivity index is 2.32. The fourth-order valence-corrected chi connectivity index (χ4v) is 1.51. The van der Waals surface area contributed by atoms with Crippen molar-refractivity contribution < 1.29 is 14.6 Å². The summed E-state index contributed by atoms with van der Waals surface area (Å²) < 4.78 is 5.38. The summed E-state index contributed by atoms with van der Waals surface area (Å²) in [5.41, 5.74) is 0. The smallest absolute Gasteiger partial charge is 0.225 e. The van der Waals surface area contributed by atoms with E-state index in [-0.39, 0.29) is 24.7 Å². The second kappa shape index (κ2) is 5.32. The molecule has 0 aliphatic carbocycles. The van der Waals surface area contributed by atoms with Crippen molar-refractivity contribution in [3.8, 4) is 0 Å². The molecular formula is C10H19NO3. The van der Waals surface area contributed by atoms with Gasteiger partial charge in [0.05, 0.1) is 25.2 Å². The molecule has 0 aromatic rings. The molecule has 1 rings (SSSR count). The minimum Gasteiger partial charge on any atom is -0.394 e. The van der Waals surface area contributed by atoms with Crippen LogP contribution in [0.5, 0.6) is 0 Å². The number of likely N-dealkylation sites (N-methyl/N-ethyl adjacent to an activating group) is 1. The summed E-state index contributed by atoms with van der Waals surface area (Å²) in [7, 11) is 1.72. The van der Waals surface area contributed by atoms with Crippen molar-refractivity contribution in [1.29, 1.82) is 0 Å². The van der Waals surface area contributed by atoms with Crippen LogP contribution in [0.4, 0.5) is 0 Å². The van der Waals surface area contributed by atoms with E-state index >= 15 is 0 Å². The van der Waals surface area contributed by atoms with Crippen molar-refractivity contribution in [3.05, 3.63) is 0 Å². The molecule has 82 valence electrons. The first-order valence-electron chi connectivity index (χ1n) is 5.13. The van der Waals surface area contributed by atoms with E-state index in [0.717, 1.165) is 19.4 Å². The molecule has 1 amide bonds. The van der Waals surface area contributed by atoms with E-state index in [9.17, 15) is 4.79 Å². The third kappa shape index (κ3) is 2.96. The second-order valence-electron chi connectivity index (χ2n) is 3.88. The van der Waals surface area contributed by atoms with Gasteiger partial charge in [-0.15, -0.1) is 0 Å². The largest absolute Gasteiger partial charge is 0.394 e. The Hall–Kier alpha value is -0.610. The van der Waals surface area contributed by atoms with Gasteiger partial charge in [0.15, 0.2) is 0 Å². The zero-order chi connectivity index (χ0) is 10.6. The first-order chi connectivity index (χ1) is 6.65. The number of carbonyl (C=O) groups excluding carboxylic acids is 1. The summed E-state index contributed by atoms with van der Waals surface area (Å²) >= 11 is 0. The average molecular weight is 201 g/mol. The first-order valence-corrected chi connectivity index (χ1v) is 5.13. The van der Waals surface area contributed by atoms with E-state index in [0.29, 0.717) is 6.42 Å². The van der Waals surface area contributed by atoms with Crippen molar-refractivity contribution in [3.63, 3.8) is 0 Å². The maximum absolute atomic E-state index is 11.6. The van der Waals surface area contributed by atoms with Crippen molar-refractivity contribution in [1.82, 2.24) is 4.90 Å². The number of aliphatic hydroxyl groups is 1. The molecule has 14 heavy (non-hydrogen) atoms. The Kier molecular flexibility index (Phi) is 4.35. The van der Waals surface area contributed by atoms with Gasteiger partial charge in [-0.05, 0) is 19.8 Å². The zero-order valence-electron chi connectivity index (χ0n) is 8.90. The van der Waals surface area contributed by atoms with E-state index in [4.69, 9.17) is 9.84 Å². The van der Waals surface area contributed by atoms with Crippen molar-refractivity contribution in [2.75, 3.05) is 20.3 Å². The summed E-state index contributed by atoms with van der Waals surface area (Å²) in [6, 6.07) is -0.107. The average Bonchev–Trinajstić information content (AvgIpc) is 2.68. The quantitative estimate of drug-likeness (QED) is 0.716. The highest BCUT2D eigenvalue weighted by Gasteiger charge is 2.22. The Morgan fingerprint density at radius 3 is 2.93 bits per heavy atom. The Bertz CT molecular complexity index is 190. The lowest BCUT2D eigenvalue weighted by atomic mass is 10.1. The molecule has 0 aromatic heterocycles. The normalized spacial score (nSPS) is 23.5. The predicted molar refractivity (Wildman–Crippen MR) is 52.9 cm³/mol. The van der Waals surface area contributed by atoms with Crippen LogP contribution in [0.15, 0.2) is 0 Å². The van der Waals surface area contributed by atoms with Crippen molar-refractivity contribution in [2.24, 2.45) is 0 Å². The van der Waals surface area contributed by atoms with E-state index < -0.39 is 0 Å². The highest BCUT2D eigenvalue weighted by molar-refractivity contribution is 5.76. The van der Waals surface area contributed by atoms with Gasteiger partial charge in [0.1, 0.15) is 0 Å². The maximum Gasteiger partial charge on any atom is 0.225 e. The molecule has 1 N–H and O–H groups in total. The van der Waals surface area contributed by atoms with Crippen LogP contribution < -0.4 is 0 Å². The fraction of sp³-hybridized carbons (Fsp3) is 0.900. The highest BCUT2D eigenvalue weighted by atomic mass is 16.5. The first kappa shape index (κ1) is 11.5. The zero-order valence-corrected chi connectivity index (χ0v) is 8.90. The van der Waals surface area contributed by atoms with Gasteiger partial charge < -0.3 is 14.7 Å². The summed E-state index contributed by atoms with van der Waals surface area (Å²) in [5.74, 6) is 0.0541. The predicted octanol–water partition coefficient (Wildman–Crippen LogP) is 0.395. The lowest BCUT2D eigenvalue weighted by Gasteiger charge is -2.24. The molecule has 0 spiro atoms. The van der Waals surface area contributed by atoms with Crippen LogP contribution in [0, 0.1) is 0 Å². The lowest BCUT2D eigenvalue weighted by Crippen LogP contribution is -2.38. The lowest BCUT2D eigenvalue weighted by molar-refractivity contribution is -0.134. The topological polar surface area (TPSA) is 49.8 Å². The summed E-state index contributed by atoms with van der Waals surface area (Å²) in [4.78, 5) is 13.2. The number of carbonyl (C=O) groups is 1. The third-order valence-corrected chi connectivity index (χ3v) is 2.75. The van der Waals surface area contributed by atoms with Gasteiger partial charge in [-0.1, -0.05) is 0 Å². The van der Waals surface area contributed by atoms with Gasteiger partial charge in [0.2, 0.25) is 5.91 Å². The van der Waals surface area contributed by atoms with Gasteiger partial charge >= 0.3 is 0 Å². The molecule has 1 aliphatic heterocycles. The number of hydrogen-bond acceptors (Lipinski definition) is 3. The number of hydrogen-bond donors (Lipinski definition) is 1. The maximum atomic E-state index is 11.6. The summed E-state index contributed by atoms with van der Waals surface area (Å²) in [5, 5.41) is 8.89. The Labute approximate surface area is 84.8 Å². The molecule has 1 heterocycles. The molecule has 0 aromatic carbocycles. The molecule has 2 unspecified atom stereocenters. The van der Waals surface area contributed by atoms with Gasteiger partial charge in [-0.3, -0.25) is 4.79 Å². The minimum absolute atomic E-state index is 0.00770. The minimum atomic E-state index is -0.107. The number of aliphatic hydroxyl groups excluding tert-OH is 1. The molecule has 4 nitrogen and oxygen atoms in total. The summed E-state index contributed by atoms with van der Waals surface area (Å²) in [6.45, 7) is 2.61. The molecule has 1 fully saturated rings. The van der Waals surface area contributed by atoms with Crippen LogP contribution in [-0.4, -0.2) is 48.3 Å². The summed E-state index contributed by atoms with van der Waals surface area (Å²) in [6.07, 6.45) is 2.57. The molecule has 0 radical (unpaired) electrons. The molecule has 1 saturated heterocycles. The second-order valence-corrected chi connectivity index (χ2v) is 3.88. The molecule has 1 aliphatic rings. The van der Waals surface area contributed by atoms with E-state index in [1.54, 1.807) is 11.9 Å². The van der Waals surface area contributed by atoms with E-state index in [2.05, 4.69) is 0 Å². The van der Waals surface area contributed by atoms with Crippen molar-refractivity contribution >= 4 is 5.91 Å². The van der Waals surface area contributed by atoms with Gasteiger partial charge in [-0.2, -0.15) is 0 Å². The Morgan fingerprint density at radius 2 is 2.43 bits per heavy atom. The van der Waals surface area contributed by atoms with Crippen LogP contribution in [0.1, 0.15) is 26.2 Å². The highest BCUT2D eigenvalue weighted by Crippen LogP contribution is 2.16. The monoisotopic (exact) mass is 201 g/mol. The standard InChI is InChI=1S/C10H19NO3/c1-8(7-12)11(2)10(13)6-9-4-3-5-14-9/h8-9,12H,3-7H2,1-2H3. The Morgan fingerprint density at radius 1 is 1.71 bits per heavy atom. The van der Waals surface area contributed by atoms with Gasteiger partial charge in [0, 0.05) is 13.7 Å². The van der Waals surface area contributed by atoms with Crippen LogP contribution in [0.2, 0.25) is 0 Å². The fourth-order valence-electron chi connectivity index (χ4n) is 1.51. The molecule has 4 heteroatoms. The van der Waals surface area contributed by atoms with Crippen molar-refractivity contribution in [2.45, 2.75) is 38.3 Å². The van der Waals surface area contributed by atoms with Crippen LogP contribution in [0.3, 0.4) is 0 Å². The van der Waals surface area contributed by atoms with Gasteiger partial charge in [0.25, 0.3) is 0 Å². The number of ether oxygens (including phenoxy) is 1.